The first kappa shape index (κ1) is 20.3. The molecule has 0 bridgehead atoms. The number of esters is 1. The van der Waals surface area contributed by atoms with Gasteiger partial charge < -0.3 is 9.64 Å². The first-order valence-corrected chi connectivity index (χ1v) is 9.20. The average Bonchev–Trinajstić information content (AvgIpc) is 3.09. The number of hydrogen-bond donors (Lipinski definition) is 0. The van der Waals surface area contributed by atoms with Crippen molar-refractivity contribution in [1.82, 2.24) is 14.6 Å². The third-order valence-electron chi connectivity index (χ3n) is 4.34. The minimum Gasteiger partial charge on any atom is -0.452 e. The van der Waals surface area contributed by atoms with E-state index < -0.39 is 18.5 Å². The van der Waals surface area contributed by atoms with Crippen LogP contribution in [0.4, 0.5) is 5.69 Å². The number of carbonyl (C=O) groups is 2. The third kappa shape index (κ3) is 4.52. The van der Waals surface area contributed by atoms with Crippen molar-refractivity contribution >= 4 is 34.8 Å². The third-order valence-corrected chi connectivity index (χ3v) is 4.76. The van der Waals surface area contributed by atoms with E-state index in [1.54, 1.807) is 47.9 Å². The summed E-state index contributed by atoms with van der Waals surface area (Å²) in [7, 11) is 0. The molecule has 0 unspecified atom stereocenters. The van der Waals surface area contributed by atoms with Gasteiger partial charge in [0.2, 0.25) is 0 Å². The Hall–Kier alpha value is -3.44. The molecule has 0 aliphatic heterocycles. The molecule has 3 aromatic rings. The highest BCUT2D eigenvalue weighted by Crippen LogP contribution is 2.23. The number of ether oxygens (including phenoxy) is 1. The number of pyridine rings is 1. The molecular formula is C20H18ClN5O3. The fourth-order valence-electron chi connectivity index (χ4n) is 2.77. The number of benzene rings is 1. The molecular weight excluding hydrogens is 394 g/mol. The molecule has 0 fully saturated rings. The maximum Gasteiger partial charge on any atom is 0.340 e. The number of aryl methyl sites for hydroxylation is 2. The van der Waals surface area contributed by atoms with Crippen molar-refractivity contribution in [1.29, 1.82) is 5.26 Å². The number of fused-ring (bicyclic) bond motifs is 1. The van der Waals surface area contributed by atoms with Gasteiger partial charge in [-0.05, 0) is 49.7 Å². The largest absolute Gasteiger partial charge is 0.452 e. The first-order valence-electron chi connectivity index (χ1n) is 8.82. The number of carbonyl (C=O) groups excluding carboxylic acids is 2. The molecule has 1 amide bonds. The van der Waals surface area contributed by atoms with Crippen LogP contribution >= 0.6 is 11.6 Å². The Morgan fingerprint density at radius 3 is 2.76 bits per heavy atom. The topological polar surface area (TPSA) is 101 Å². The molecule has 0 saturated heterocycles. The van der Waals surface area contributed by atoms with Gasteiger partial charge in [0, 0.05) is 23.5 Å². The van der Waals surface area contributed by atoms with E-state index in [-0.39, 0.29) is 18.5 Å². The van der Waals surface area contributed by atoms with Crippen LogP contribution in [0.5, 0.6) is 0 Å². The van der Waals surface area contributed by atoms with Gasteiger partial charge in [-0.15, -0.1) is 10.2 Å². The summed E-state index contributed by atoms with van der Waals surface area (Å²) in [6.45, 7) is 3.31. The number of rotatable bonds is 6. The van der Waals surface area contributed by atoms with Crippen molar-refractivity contribution in [2.45, 2.75) is 20.3 Å². The molecule has 0 N–H and O–H groups in total. The monoisotopic (exact) mass is 411 g/mol. The Balaban J connectivity index is 1.72. The summed E-state index contributed by atoms with van der Waals surface area (Å²) in [4.78, 5) is 26.5. The summed E-state index contributed by atoms with van der Waals surface area (Å²) in [5, 5.41) is 17.4. The highest BCUT2D eigenvalue weighted by atomic mass is 35.5. The van der Waals surface area contributed by atoms with E-state index in [0.717, 1.165) is 5.56 Å². The molecule has 2 heterocycles. The molecule has 0 aliphatic rings. The van der Waals surface area contributed by atoms with E-state index >= 15 is 0 Å². The summed E-state index contributed by atoms with van der Waals surface area (Å²) in [5.41, 5.74) is 2.27. The lowest BCUT2D eigenvalue weighted by atomic mass is 10.2. The van der Waals surface area contributed by atoms with Gasteiger partial charge in [-0.1, -0.05) is 11.6 Å². The minimum atomic E-state index is -0.638. The number of halogens is 1. The molecule has 9 heteroatoms. The molecule has 1 aromatic carbocycles. The fraction of sp³-hybridized carbons (Fsp3) is 0.250. The van der Waals surface area contributed by atoms with E-state index in [1.165, 1.54) is 4.90 Å². The van der Waals surface area contributed by atoms with Gasteiger partial charge in [-0.25, -0.2) is 4.79 Å². The second kappa shape index (κ2) is 8.71. The van der Waals surface area contributed by atoms with Crippen LogP contribution < -0.4 is 4.90 Å². The minimum absolute atomic E-state index is 0.144. The van der Waals surface area contributed by atoms with Crippen LogP contribution in [0.1, 0.15) is 28.2 Å². The van der Waals surface area contributed by atoms with E-state index in [0.29, 0.717) is 22.2 Å². The van der Waals surface area contributed by atoms with Gasteiger partial charge in [-0.3, -0.25) is 9.20 Å². The summed E-state index contributed by atoms with van der Waals surface area (Å²) < 4.78 is 6.86. The van der Waals surface area contributed by atoms with Crippen molar-refractivity contribution < 1.29 is 14.3 Å². The molecule has 8 nitrogen and oxygen atoms in total. The summed E-state index contributed by atoms with van der Waals surface area (Å²) in [6.07, 6.45) is 1.71. The van der Waals surface area contributed by atoms with Gasteiger partial charge in [0.05, 0.1) is 18.1 Å². The van der Waals surface area contributed by atoms with Gasteiger partial charge in [0.25, 0.3) is 5.91 Å². The standard InChI is InChI=1S/C20H18ClN5O3/c1-13-10-16(5-6-17(13)21)25(9-3-8-22)19(27)12-29-20(28)15-4-7-18-24-23-14(2)26(18)11-15/h4-7,10-11H,3,9,12H2,1-2H3. The molecule has 0 aliphatic carbocycles. The number of aromatic nitrogens is 3. The molecule has 2 aromatic heterocycles. The maximum atomic E-state index is 12.7. The van der Waals surface area contributed by atoms with Crippen LogP contribution in [0, 0.1) is 25.2 Å². The predicted octanol–water partition coefficient (Wildman–Crippen LogP) is 3.10. The highest BCUT2D eigenvalue weighted by molar-refractivity contribution is 6.31. The highest BCUT2D eigenvalue weighted by Gasteiger charge is 2.19. The lowest BCUT2D eigenvalue weighted by Gasteiger charge is -2.22. The molecule has 148 valence electrons. The number of anilines is 1. The van der Waals surface area contributed by atoms with E-state index in [2.05, 4.69) is 10.2 Å². The Bertz CT molecular complexity index is 1120. The SMILES string of the molecule is Cc1cc(N(CCC#N)C(=O)COC(=O)c2ccc3nnc(C)n3c2)ccc1Cl. The van der Waals surface area contributed by atoms with Crippen molar-refractivity contribution in [2.24, 2.45) is 0 Å². The molecule has 0 saturated carbocycles. The second-order valence-electron chi connectivity index (χ2n) is 6.36. The Labute approximate surface area is 172 Å². The average molecular weight is 412 g/mol. The molecule has 0 radical (unpaired) electrons. The Kier molecular flexibility index (Phi) is 6.10. The smallest absolute Gasteiger partial charge is 0.340 e. The zero-order valence-corrected chi connectivity index (χ0v) is 16.7. The van der Waals surface area contributed by atoms with Gasteiger partial charge >= 0.3 is 5.97 Å². The van der Waals surface area contributed by atoms with Gasteiger partial charge in [-0.2, -0.15) is 5.26 Å². The van der Waals surface area contributed by atoms with E-state index in [4.69, 9.17) is 21.6 Å². The lowest BCUT2D eigenvalue weighted by molar-refractivity contribution is -0.121. The molecule has 0 spiro atoms. The summed E-state index contributed by atoms with van der Waals surface area (Å²) in [6, 6.07) is 10.3. The van der Waals surface area contributed by atoms with Crippen molar-refractivity contribution in [3.05, 3.63) is 58.5 Å². The van der Waals surface area contributed by atoms with Gasteiger partial charge in [0.1, 0.15) is 5.82 Å². The zero-order chi connectivity index (χ0) is 21.0. The van der Waals surface area contributed by atoms with Crippen molar-refractivity contribution in [3.8, 4) is 6.07 Å². The Morgan fingerprint density at radius 2 is 2.03 bits per heavy atom. The predicted molar refractivity (Wildman–Crippen MR) is 107 cm³/mol. The number of amides is 1. The maximum absolute atomic E-state index is 12.7. The summed E-state index contributed by atoms with van der Waals surface area (Å²) in [5.74, 6) is -0.440. The Morgan fingerprint density at radius 1 is 1.24 bits per heavy atom. The number of hydrogen-bond acceptors (Lipinski definition) is 6. The number of nitrogens with zero attached hydrogens (tertiary/aromatic N) is 5. The quantitative estimate of drug-likeness (QED) is 0.577. The van der Waals surface area contributed by atoms with Crippen LogP contribution in [0.25, 0.3) is 5.65 Å². The van der Waals surface area contributed by atoms with Crippen molar-refractivity contribution in [3.63, 3.8) is 0 Å². The van der Waals surface area contributed by atoms with Crippen LogP contribution in [-0.2, 0) is 9.53 Å². The summed E-state index contributed by atoms with van der Waals surface area (Å²) >= 11 is 6.05. The molecule has 3 rings (SSSR count). The van der Waals surface area contributed by atoms with Crippen LogP contribution in [0.3, 0.4) is 0 Å². The number of nitriles is 1. The van der Waals surface area contributed by atoms with Crippen LogP contribution in [-0.4, -0.2) is 39.6 Å². The first-order chi connectivity index (χ1) is 13.9. The molecule has 0 atom stereocenters. The van der Waals surface area contributed by atoms with E-state index in [1.807, 2.05) is 13.0 Å². The van der Waals surface area contributed by atoms with Crippen LogP contribution in [0.2, 0.25) is 5.02 Å². The van der Waals surface area contributed by atoms with E-state index in [9.17, 15) is 9.59 Å². The normalized spacial score (nSPS) is 10.6. The van der Waals surface area contributed by atoms with Crippen molar-refractivity contribution in [2.75, 3.05) is 18.1 Å². The lowest BCUT2D eigenvalue weighted by Crippen LogP contribution is -2.35. The van der Waals surface area contributed by atoms with Gasteiger partial charge in [0.15, 0.2) is 12.3 Å². The van der Waals surface area contributed by atoms with Crippen LogP contribution in [0.15, 0.2) is 36.5 Å². The fourth-order valence-corrected chi connectivity index (χ4v) is 2.89. The second-order valence-corrected chi connectivity index (χ2v) is 6.76. The zero-order valence-electron chi connectivity index (χ0n) is 15.9. The molecule has 29 heavy (non-hydrogen) atoms.